The van der Waals surface area contributed by atoms with Gasteiger partial charge in [0.15, 0.2) is 0 Å². The van der Waals surface area contributed by atoms with Gasteiger partial charge in [0, 0.05) is 36.7 Å². The van der Waals surface area contributed by atoms with Crippen molar-refractivity contribution in [1.82, 2.24) is 20.1 Å². The van der Waals surface area contributed by atoms with Gasteiger partial charge in [0.1, 0.15) is 0 Å². The fourth-order valence-corrected chi connectivity index (χ4v) is 1.72. The standard InChI is InChI=1S/C14H18N4O2/c1-10(2)18-9-12(7-17-18)14(20)16-8-13(19)11-4-3-5-15-6-11/h3-7,9-10,13,19H,8H2,1-2H3,(H,16,20)/t13-/m1/s1. The highest BCUT2D eigenvalue weighted by molar-refractivity contribution is 5.93. The Labute approximate surface area is 117 Å². The lowest BCUT2D eigenvalue weighted by atomic mass is 10.1. The van der Waals surface area contributed by atoms with Crippen LogP contribution in [-0.2, 0) is 0 Å². The van der Waals surface area contributed by atoms with Gasteiger partial charge in [-0.05, 0) is 19.9 Å². The van der Waals surface area contributed by atoms with Crippen molar-refractivity contribution in [2.24, 2.45) is 0 Å². The van der Waals surface area contributed by atoms with Crippen molar-refractivity contribution < 1.29 is 9.90 Å². The molecule has 0 saturated heterocycles. The van der Waals surface area contributed by atoms with E-state index in [2.05, 4.69) is 15.4 Å². The highest BCUT2D eigenvalue weighted by Gasteiger charge is 2.13. The summed E-state index contributed by atoms with van der Waals surface area (Å²) in [6.07, 6.45) is 5.65. The van der Waals surface area contributed by atoms with Crippen LogP contribution in [0.25, 0.3) is 0 Å². The summed E-state index contributed by atoms with van der Waals surface area (Å²) in [4.78, 5) is 15.9. The van der Waals surface area contributed by atoms with E-state index in [4.69, 9.17) is 0 Å². The Bertz CT molecular complexity index is 566. The van der Waals surface area contributed by atoms with E-state index in [0.717, 1.165) is 0 Å². The Kier molecular flexibility index (Phi) is 4.47. The predicted molar refractivity (Wildman–Crippen MR) is 74.1 cm³/mol. The second-order valence-electron chi connectivity index (χ2n) is 4.81. The van der Waals surface area contributed by atoms with Crippen molar-refractivity contribution in [3.05, 3.63) is 48.0 Å². The normalized spacial score (nSPS) is 12.4. The van der Waals surface area contributed by atoms with Gasteiger partial charge in [-0.1, -0.05) is 6.07 Å². The first-order valence-electron chi connectivity index (χ1n) is 6.48. The zero-order chi connectivity index (χ0) is 14.5. The van der Waals surface area contributed by atoms with Crippen LogP contribution in [0.5, 0.6) is 0 Å². The third-order valence-corrected chi connectivity index (χ3v) is 2.92. The van der Waals surface area contributed by atoms with Crippen LogP contribution >= 0.6 is 0 Å². The first-order chi connectivity index (χ1) is 9.58. The fraction of sp³-hybridized carbons (Fsp3) is 0.357. The summed E-state index contributed by atoms with van der Waals surface area (Å²) in [7, 11) is 0. The van der Waals surface area contributed by atoms with Gasteiger partial charge < -0.3 is 10.4 Å². The number of nitrogens with one attached hydrogen (secondary N) is 1. The minimum absolute atomic E-state index is 0.136. The second kappa shape index (κ2) is 6.29. The summed E-state index contributed by atoms with van der Waals surface area (Å²) >= 11 is 0. The number of aliphatic hydroxyl groups is 1. The Morgan fingerprint density at radius 3 is 2.85 bits per heavy atom. The van der Waals surface area contributed by atoms with Crippen LogP contribution in [0.3, 0.4) is 0 Å². The van der Waals surface area contributed by atoms with E-state index in [-0.39, 0.29) is 18.5 Å². The number of nitrogens with zero attached hydrogens (tertiary/aromatic N) is 3. The van der Waals surface area contributed by atoms with Gasteiger partial charge in [-0.25, -0.2) is 0 Å². The van der Waals surface area contributed by atoms with E-state index >= 15 is 0 Å². The van der Waals surface area contributed by atoms with Crippen molar-refractivity contribution in [2.75, 3.05) is 6.54 Å². The zero-order valence-electron chi connectivity index (χ0n) is 11.5. The first-order valence-corrected chi connectivity index (χ1v) is 6.48. The van der Waals surface area contributed by atoms with E-state index in [1.807, 2.05) is 13.8 Å². The third kappa shape index (κ3) is 3.42. The first kappa shape index (κ1) is 14.2. The maximum Gasteiger partial charge on any atom is 0.254 e. The number of carbonyl (C=O) groups is 1. The maximum absolute atomic E-state index is 11.9. The Morgan fingerprint density at radius 1 is 1.45 bits per heavy atom. The van der Waals surface area contributed by atoms with Crippen molar-refractivity contribution >= 4 is 5.91 Å². The molecule has 2 rings (SSSR count). The second-order valence-corrected chi connectivity index (χ2v) is 4.81. The summed E-state index contributed by atoms with van der Waals surface area (Å²) in [6, 6.07) is 3.71. The maximum atomic E-state index is 11.9. The molecule has 1 atom stereocenters. The van der Waals surface area contributed by atoms with Gasteiger partial charge in [0.05, 0.1) is 17.9 Å². The minimum Gasteiger partial charge on any atom is -0.387 e. The monoisotopic (exact) mass is 274 g/mol. The number of carbonyl (C=O) groups excluding carboxylic acids is 1. The van der Waals surface area contributed by atoms with Crippen molar-refractivity contribution in [2.45, 2.75) is 26.0 Å². The highest BCUT2D eigenvalue weighted by atomic mass is 16.3. The molecule has 2 aromatic rings. The molecule has 0 radical (unpaired) electrons. The van der Waals surface area contributed by atoms with E-state index in [1.54, 1.807) is 35.4 Å². The predicted octanol–water partition coefficient (Wildman–Crippen LogP) is 1.32. The average Bonchev–Trinajstić information content (AvgIpc) is 2.95. The Morgan fingerprint density at radius 2 is 2.25 bits per heavy atom. The molecule has 0 aliphatic carbocycles. The van der Waals surface area contributed by atoms with Crippen LogP contribution in [-0.4, -0.2) is 32.3 Å². The quantitative estimate of drug-likeness (QED) is 0.861. The molecule has 106 valence electrons. The van der Waals surface area contributed by atoms with Crippen LogP contribution in [0.15, 0.2) is 36.9 Å². The fourth-order valence-electron chi connectivity index (χ4n) is 1.72. The van der Waals surface area contributed by atoms with Crippen LogP contribution in [0.2, 0.25) is 0 Å². The van der Waals surface area contributed by atoms with E-state index < -0.39 is 6.10 Å². The van der Waals surface area contributed by atoms with Crippen LogP contribution in [0.1, 0.15) is 41.9 Å². The molecule has 0 unspecified atom stereocenters. The van der Waals surface area contributed by atoms with Crippen molar-refractivity contribution in [1.29, 1.82) is 0 Å². The summed E-state index contributed by atoms with van der Waals surface area (Å²) in [5, 5.41) is 16.7. The van der Waals surface area contributed by atoms with Crippen molar-refractivity contribution in [3.63, 3.8) is 0 Å². The summed E-state index contributed by atoms with van der Waals surface area (Å²) in [5.74, 6) is -0.250. The van der Waals surface area contributed by atoms with Gasteiger partial charge in [-0.15, -0.1) is 0 Å². The molecule has 0 spiro atoms. The third-order valence-electron chi connectivity index (χ3n) is 2.92. The molecule has 20 heavy (non-hydrogen) atoms. The van der Waals surface area contributed by atoms with E-state index in [1.165, 1.54) is 6.20 Å². The lowest BCUT2D eigenvalue weighted by molar-refractivity contribution is 0.0916. The van der Waals surface area contributed by atoms with Crippen LogP contribution in [0.4, 0.5) is 0 Å². The number of pyridine rings is 1. The Balaban J connectivity index is 1.91. The number of aliphatic hydroxyl groups excluding tert-OH is 1. The molecule has 2 aromatic heterocycles. The molecule has 0 aliphatic heterocycles. The van der Waals surface area contributed by atoms with Gasteiger partial charge >= 0.3 is 0 Å². The van der Waals surface area contributed by atoms with Gasteiger partial charge in [0.2, 0.25) is 0 Å². The van der Waals surface area contributed by atoms with Crippen LogP contribution < -0.4 is 5.32 Å². The highest BCUT2D eigenvalue weighted by Crippen LogP contribution is 2.10. The largest absolute Gasteiger partial charge is 0.387 e. The number of aromatic nitrogens is 3. The average molecular weight is 274 g/mol. The lowest BCUT2D eigenvalue weighted by Crippen LogP contribution is -2.28. The number of hydrogen-bond donors (Lipinski definition) is 2. The molecule has 0 fully saturated rings. The SMILES string of the molecule is CC(C)n1cc(C(=O)NC[C@@H](O)c2cccnc2)cn1. The molecule has 2 heterocycles. The minimum atomic E-state index is -0.771. The number of amides is 1. The molecule has 6 nitrogen and oxygen atoms in total. The summed E-state index contributed by atoms with van der Waals surface area (Å²) in [6.45, 7) is 4.11. The molecule has 0 saturated carbocycles. The smallest absolute Gasteiger partial charge is 0.254 e. The topological polar surface area (TPSA) is 80.0 Å². The number of hydrogen-bond acceptors (Lipinski definition) is 4. The van der Waals surface area contributed by atoms with E-state index in [0.29, 0.717) is 11.1 Å². The van der Waals surface area contributed by atoms with E-state index in [9.17, 15) is 9.90 Å². The van der Waals surface area contributed by atoms with Crippen LogP contribution in [0, 0.1) is 0 Å². The molecule has 2 N–H and O–H groups in total. The molecule has 0 bridgehead atoms. The molecular formula is C14H18N4O2. The van der Waals surface area contributed by atoms with Gasteiger partial charge in [-0.3, -0.25) is 14.5 Å². The van der Waals surface area contributed by atoms with Gasteiger partial charge in [-0.2, -0.15) is 5.10 Å². The lowest BCUT2D eigenvalue weighted by Gasteiger charge is -2.11. The molecule has 6 heteroatoms. The number of rotatable bonds is 5. The Hall–Kier alpha value is -2.21. The summed E-state index contributed by atoms with van der Waals surface area (Å²) in [5.41, 5.74) is 1.16. The van der Waals surface area contributed by atoms with Gasteiger partial charge in [0.25, 0.3) is 5.91 Å². The molecule has 0 aromatic carbocycles. The van der Waals surface area contributed by atoms with Crippen molar-refractivity contribution in [3.8, 4) is 0 Å². The molecule has 0 aliphatic rings. The summed E-state index contributed by atoms with van der Waals surface area (Å²) < 4.78 is 1.71. The molecular weight excluding hydrogens is 256 g/mol. The molecule has 1 amide bonds. The zero-order valence-corrected chi connectivity index (χ0v) is 11.5.